The Morgan fingerprint density at radius 2 is 1.65 bits per heavy atom. The number of methoxy groups -OCH3 is 2. The van der Waals surface area contributed by atoms with Gasteiger partial charge < -0.3 is 25.0 Å². The molecule has 1 rings (SSSR count). The standard InChI is InChI=1S/C14H21NO5/c1-9-11(19-3)5-10(6-12(9)20-4)13(18)15-14(2,7-16)8-17/h5-6,16-17H,7-8H2,1-4H3,(H,15,18). The molecular weight excluding hydrogens is 262 g/mol. The average Bonchev–Trinajstić information content (AvgIpc) is 2.47. The predicted molar refractivity (Wildman–Crippen MR) is 74.3 cm³/mol. The number of aliphatic hydroxyl groups is 2. The highest BCUT2D eigenvalue weighted by atomic mass is 16.5. The van der Waals surface area contributed by atoms with Gasteiger partial charge in [0.25, 0.3) is 5.91 Å². The van der Waals surface area contributed by atoms with E-state index in [4.69, 9.17) is 9.47 Å². The van der Waals surface area contributed by atoms with E-state index in [1.165, 1.54) is 14.2 Å². The number of nitrogens with one attached hydrogen (secondary N) is 1. The van der Waals surface area contributed by atoms with E-state index >= 15 is 0 Å². The van der Waals surface area contributed by atoms with Gasteiger partial charge in [0, 0.05) is 11.1 Å². The Morgan fingerprint density at radius 1 is 1.20 bits per heavy atom. The summed E-state index contributed by atoms with van der Waals surface area (Å²) >= 11 is 0. The molecule has 0 unspecified atom stereocenters. The van der Waals surface area contributed by atoms with Crippen LogP contribution in [0.25, 0.3) is 0 Å². The molecule has 0 spiro atoms. The smallest absolute Gasteiger partial charge is 0.252 e. The summed E-state index contributed by atoms with van der Waals surface area (Å²) in [5.74, 6) is 0.639. The highest BCUT2D eigenvalue weighted by Crippen LogP contribution is 2.29. The molecule has 0 bridgehead atoms. The van der Waals surface area contributed by atoms with Gasteiger partial charge in [0.1, 0.15) is 11.5 Å². The Morgan fingerprint density at radius 3 is 2.00 bits per heavy atom. The lowest BCUT2D eigenvalue weighted by atomic mass is 10.0. The lowest BCUT2D eigenvalue weighted by Gasteiger charge is -2.26. The van der Waals surface area contributed by atoms with Gasteiger partial charge in [-0.25, -0.2) is 0 Å². The van der Waals surface area contributed by atoms with E-state index in [0.717, 1.165) is 5.56 Å². The van der Waals surface area contributed by atoms with Crippen LogP contribution in [0.4, 0.5) is 0 Å². The van der Waals surface area contributed by atoms with Crippen LogP contribution < -0.4 is 14.8 Å². The summed E-state index contributed by atoms with van der Waals surface area (Å²) in [6.07, 6.45) is 0. The van der Waals surface area contributed by atoms with Gasteiger partial charge in [0.2, 0.25) is 0 Å². The van der Waals surface area contributed by atoms with Crippen LogP contribution in [0.1, 0.15) is 22.8 Å². The van der Waals surface area contributed by atoms with E-state index < -0.39 is 11.4 Å². The van der Waals surface area contributed by atoms with Crippen molar-refractivity contribution in [3.05, 3.63) is 23.3 Å². The zero-order valence-electron chi connectivity index (χ0n) is 12.2. The number of hydrogen-bond acceptors (Lipinski definition) is 5. The fourth-order valence-electron chi connectivity index (χ4n) is 1.69. The molecule has 0 aliphatic carbocycles. The number of rotatable bonds is 6. The zero-order chi connectivity index (χ0) is 15.3. The fraction of sp³-hybridized carbons (Fsp3) is 0.500. The number of benzene rings is 1. The van der Waals surface area contributed by atoms with Crippen molar-refractivity contribution in [2.24, 2.45) is 0 Å². The molecule has 0 heterocycles. The van der Waals surface area contributed by atoms with Crippen molar-refractivity contribution in [3.8, 4) is 11.5 Å². The summed E-state index contributed by atoms with van der Waals surface area (Å²) in [6.45, 7) is 2.64. The summed E-state index contributed by atoms with van der Waals surface area (Å²) in [5, 5.41) is 21.0. The van der Waals surface area contributed by atoms with Gasteiger partial charge in [0.05, 0.1) is 33.0 Å². The molecule has 20 heavy (non-hydrogen) atoms. The molecule has 0 aliphatic heterocycles. The minimum absolute atomic E-state index is 0.331. The number of carbonyl (C=O) groups excluding carboxylic acids is 1. The number of carbonyl (C=O) groups is 1. The second-order valence-electron chi connectivity index (χ2n) is 4.84. The molecule has 1 aromatic carbocycles. The quantitative estimate of drug-likeness (QED) is 0.707. The van der Waals surface area contributed by atoms with Crippen molar-refractivity contribution in [2.45, 2.75) is 19.4 Å². The van der Waals surface area contributed by atoms with Crippen molar-refractivity contribution in [2.75, 3.05) is 27.4 Å². The third-order valence-corrected chi connectivity index (χ3v) is 3.13. The van der Waals surface area contributed by atoms with Gasteiger partial charge in [-0.3, -0.25) is 4.79 Å². The van der Waals surface area contributed by atoms with Crippen molar-refractivity contribution >= 4 is 5.91 Å². The summed E-state index contributed by atoms with van der Waals surface area (Å²) in [5.41, 5.74) is 0.0404. The first-order chi connectivity index (χ1) is 9.40. The lowest BCUT2D eigenvalue weighted by molar-refractivity contribution is 0.0723. The van der Waals surface area contributed by atoms with Crippen LogP contribution in [-0.4, -0.2) is 49.1 Å². The van der Waals surface area contributed by atoms with Gasteiger partial charge in [0.15, 0.2) is 0 Å². The number of amides is 1. The maximum Gasteiger partial charge on any atom is 0.252 e. The van der Waals surface area contributed by atoms with E-state index in [1.807, 2.05) is 6.92 Å². The highest BCUT2D eigenvalue weighted by Gasteiger charge is 2.26. The third kappa shape index (κ3) is 3.40. The highest BCUT2D eigenvalue weighted by molar-refractivity contribution is 5.95. The van der Waals surface area contributed by atoms with Crippen molar-refractivity contribution in [3.63, 3.8) is 0 Å². The minimum atomic E-state index is -1.08. The average molecular weight is 283 g/mol. The normalized spacial score (nSPS) is 11.1. The fourth-order valence-corrected chi connectivity index (χ4v) is 1.69. The molecule has 0 radical (unpaired) electrons. The van der Waals surface area contributed by atoms with Crippen molar-refractivity contribution < 1.29 is 24.5 Å². The Balaban J connectivity index is 3.10. The van der Waals surface area contributed by atoms with Crippen LogP contribution in [0.3, 0.4) is 0 Å². The van der Waals surface area contributed by atoms with E-state index in [9.17, 15) is 15.0 Å². The molecule has 1 amide bonds. The molecule has 6 heteroatoms. The van der Waals surface area contributed by atoms with Crippen LogP contribution in [0, 0.1) is 6.92 Å². The van der Waals surface area contributed by atoms with Crippen LogP contribution in [0.15, 0.2) is 12.1 Å². The molecule has 3 N–H and O–H groups in total. The SMILES string of the molecule is COc1cc(C(=O)NC(C)(CO)CO)cc(OC)c1C. The third-order valence-electron chi connectivity index (χ3n) is 3.13. The van der Waals surface area contributed by atoms with E-state index in [-0.39, 0.29) is 13.2 Å². The summed E-state index contributed by atoms with van der Waals surface area (Å²) < 4.78 is 10.4. The van der Waals surface area contributed by atoms with Gasteiger partial charge in [-0.1, -0.05) is 0 Å². The van der Waals surface area contributed by atoms with Crippen LogP contribution in [0.5, 0.6) is 11.5 Å². The molecule has 0 aromatic heterocycles. The Hall–Kier alpha value is -1.79. The first kappa shape index (κ1) is 16.3. The maximum atomic E-state index is 12.2. The minimum Gasteiger partial charge on any atom is -0.496 e. The molecule has 0 saturated heterocycles. The lowest BCUT2D eigenvalue weighted by Crippen LogP contribution is -2.51. The first-order valence-corrected chi connectivity index (χ1v) is 6.17. The summed E-state index contributed by atoms with van der Waals surface area (Å²) in [6, 6.07) is 3.17. The number of ether oxygens (including phenoxy) is 2. The van der Waals surface area contributed by atoms with E-state index in [1.54, 1.807) is 19.1 Å². The molecular formula is C14H21NO5. The summed E-state index contributed by atoms with van der Waals surface area (Å²) in [4.78, 5) is 12.2. The Bertz CT molecular complexity index is 457. The van der Waals surface area contributed by atoms with E-state index in [2.05, 4.69) is 5.32 Å². The first-order valence-electron chi connectivity index (χ1n) is 6.17. The molecule has 0 atom stereocenters. The largest absolute Gasteiger partial charge is 0.496 e. The molecule has 0 fully saturated rings. The van der Waals surface area contributed by atoms with Gasteiger partial charge in [-0.2, -0.15) is 0 Å². The van der Waals surface area contributed by atoms with Crippen LogP contribution >= 0.6 is 0 Å². The topological polar surface area (TPSA) is 88.0 Å². The van der Waals surface area contributed by atoms with Crippen LogP contribution in [0.2, 0.25) is 0 Å². The monoisotopic (exact) mass is 283 g/mol. The molecule has 0 aliphatic rings. The molecule has 0 saturated carbocycles. The van der Waals surface area contributed by atoms with Crippen molar-refractivity contribution in [1.29, 1.82) is 0 Å². The molecule has 6 nitrogen and oxygen atoms in total. The van der Waals surface area contributed by atoms with Crippen LogP contribution in [-0.2, 0) is 0 Å². The Labute approximate surface area is 118 Å². The number of aliphatic hydroxyl groups excluding tert-OH is 2. The predicted octanol–water partition coefficient (Wildman–Crippen LogP) is 0.485. The zero-order valence-corrected chi connectivity index (χ0v) is 12.2. The molecule has 1 aromatic rings. The van der Waals surface area contributed by atoms with Gasteiger partial charge in [-0.15, -0.1) is 0 Å². The van der Waals surface area contributed by atoms with Gasteiger partial charge >= 0.3 is 0 Å². The molecule has 112 valence electrons. The second kappa shape index (κ2) is 6.58. The van der Waals surface area contributed by atoms with Gasteiger partial charge in [-0.05, 0) is 26.0 Å². The maximum absolute atomic E-state index is 12.2. The summed E-state index contributed by atoms with van der Waals surface area (Å²) in [7, 11) is 3.02. The Kier molecular flexibility index (Phi) is 5.35. The van der Waals surface area contributed by atoms with Crippen molar-refractivity contribution in [1.82, 2.24) is 5.32 Å². The van der Waals surface area contributed by atoms with E-state index in [0.29, 0.717) is 17.1 Å². The second-order valence-corrected chi connectivity index (χ2v) is 4.84. The number of hydrogen-bond donors (Lipinski definition) is 3.